The zero-order chi connectivity index (χ0) is 16.1. The fraction of sp³-hybridized carbons (Fsp3) is 0.500. The van der Waals surface area contributed by atoms with Crippen molar-refractivity contribution in [2.75, 3.05) is 6.61 Å². The van der Waals surface area contributed by atoms with Gasteiger partial charge in [-0.05, 0) is 37.0 Å². The third kappa shape index (κ3) is 4.44. The Bertz CT molecular complexity index is 564. The van der Waals surface area contributed by atoms with E-state index in [2.05, 4.69) is 12.2 Å². The number of ether oxygens (including phenoxy) is 1. The Kier molecular flexibility index (Phi) is 5.77. The van der Waals surface area contributed by atoms with E-state index in [9.17, 15) is 14.0 Å². The van der Waals surface area contributed by atoms with Gasteiger partial charge in [0.15, 0.2) is 6.61 Å². The molecule has 1 fully saturated rings. The second kappa shape index (κ2) is 7.58. The van der Waals surface area contributed by atoms with Gasteiger partial charge in [-0.1, -0.05) is 31.4 Å². The van der Waals surface area contributed by atoms with Crippen LogP contribution in [0.15, 0.2) is 18.2 Å². The quantitative estimate of drug-likeness (QED) is 0.863. The van der Waals surface area contributed by atoms with E-state index in [0.717, 1.165) is 25.3 Å². The van der Waals surface area contributed by atoms with Crippen molar-refractivity contribution in [2.45, 2.75) is 38.6 Å². The number of halogens is 2. The SMILES string of the molecule is C[C@H]1CCCC[C@H]1NC(=O)COC(=O)c1ccc(Cl)cc1F. The van der Waals surface area contributed by atoms with Crippen LogP contribution in [0.5, 0.6) is 0 Å². The van der Waals surface area contributed by atoms with Crippen molar-refractivity contribution in [3.8, 4) is 0 Å². The Morgan fingerprint density at radius 1 is 1.36 bits per heavy atom. The van der Waals surface area contributed by atoms with Crippen molar-refractivity contribution >= 4 is 23.5 Å². The predicted octanol–water partition coefficient (Wildman–Crippen LogP) is 3.33. The Labute approximate surface area is 134 Å². The first-order valence-electron chi connectivity index (χ1n) is 7.39. The second-order valence-electron chi connectivity index (χ2n) is 5.64. The molecule has 120 valence electrons. The average Bonchev–Trinajstić information content (AvgIpc) is 2.47. The van der Waals surface area contributed by atoms with Crippen molar-refractivity contribution in [3.05, 3.63) is 34.6 Å². The number of carbonyl (C=O) groups is 2. The second-order valence-corrected chi connectivity index (χ2v) is 6.07. The van der Waals surface area contributed by atoms with Gasteiger partial charge >= 0.3 is 5.97 Å². The summed E-state index contributed by atoms with van der Waals surface area (Å²) in [5.74, 6) is -1.58. The zero-order valence-corrected chi connectivity index (χ0v) is 13.2. The van der Waals surface area contributed by atoms with Crippen molar-refractivity contribution in [3.63, 3.8) is 0 Å². The van der Waals surface area contributed by atoms with E-state index >= 15 is 0 Å². The predicted molar refractivity (Wildman–Crippen MR) is 81.3 cm³/mol. The highest BCUT2D eigenvalue weighted by atomic mass is 35.5. The molecule has 1 N–H and O–H groups in total. The molecule has 1 aliphatic rings. The number of esters is 1. The van der Waals surface area contributed by atoms with Crippen molar-refractivity contribution < 1.29 is 18.7 Å². The van der Waals surface area contributed by atoms with Gasteiger partial charge in [0, 0.05) is 11.1 Å². The maximum Gasteiger partial charge on any atom is 0.341 e. The minimum atomic E-state index is -0.874. The van der Waals surface area contributed by atoms with E-state index in [4.69, 9.17) is 16.3 Å². The summed E-state index contributed by atoms with van der Waals surface area (Å²) >= 11 is 5.62. The fourth-order valence-electron chi connectivity index (χ4n) is 2.64. The highest BCUT2D eigenvalue weighted by Crippen LogP contribution is 2.23. The molecule has 0 bridgehead atoms. The molecule has 1 aromatic carbocycles. The first kappa shape index (κ1) is 16.7. The number of rotatable bonds is 4. The molecular formula is C16H19ClFNO3. The molecule has 2 atom stereocenters. The summed E-state index contributed by atoms with van der Waals surface area (Å²) < 4.78 is 18.4. The van der Waals surface area contributed by atoms with Crippen LogP contribution in [0.1, 0.15) is 43.0 Å². The Morgan fingerprint density at radius 3 is 2.77 bits per heavy atom. The standard InChI is InChI=1S/C16H19ClFNO3/c1-10-4-2-3-5-14(10)19-15(20)9-22-16(21)12-7-6-11(17)8-13(12)18/h6-8,10,14H,2-5,9H2,1H3,(H,19,20)/t10-,14+/m0/s1. The molecule has 1 saturated carbocycles. The van der Waals surface area contributed by atoms with Crippen LogP contribution >= 0.6 is 11.6 Å². The van der Waals surface area contributed by atoms with Crippen LogP contribution in [-0.4, -0.2) is 24.5 Å². The lowest BCUT2D eigenvalue weighted by molar-refractivity contribution is -0.125. The highest BCUT2D eigenvalue weighted by Gasteiger charge is 2.23. The van der Waals surface area contributed by atoms with E-state index in [1.54, 1.807) is 0 Å². The van der Waals surface area contributed by atoms with Gasteiger partial charge in [0.05, 0.1) is 5.56 Å². The van der Waals surface area contributed by atoms with Gasteiger partial charge < -0.3 is 10.1 Å². The molecule has 0 aromatic heterocycles. The number of carbonyl (C=O) groups excluding carboxylic acids is 2. The van der Waals surface area contributed by atoms with Crippen molar-refractivity contribution in [1.29, 1.82) is 0 Å². The number of hydrogen-bond acceptors (Lipinski definition) is 3. The Balaban J connectivity index is 1.84. The van der Waals surface area contributed by atoms with Crippen LogP contribution in [0.3, 0.4) is 0 Å². The molecule has 0 saturated heterocycles. The molecule has 1 aliphatic carbocycles. The molecule has 0 spiro atoms. The summed E-state index contributed by atoms with van der Waals surface area (Å²) in [6.07, 6.45) is 4.29. The minimum absolute atomic E-state index is 0.118. The maximum absolute atomic E-state index is 13.6. The molecule has 0 aliphatic heterocycles. The van der Waals surface area contributed by atoms with E-state index in [0.29, 0.717) is 5.92 Å². The van der Waals surface area contributed by atoms with Gasteiger partial charge in [-0.2, -0.15) is 0 Å². The highest BCUT2D eigenvalue weighted by molar-refractivity contribution is 6.30. The average molecular weight is 328 g/mol. The van der Waals surface area contributed by atoms with Gasteiger partial charge in [-0.25, -0.2) is 9.18 Å². The van der Waals surface area contributed by atoms with E-state index in [1.807, 2.05) is 0 Å². The first-order chi connectivity index (χ1) is 10.5. The normalized spacial score (nSPS) is 21.2. The van der Waals surface area contributed by atoms with Gasteiger partial charge in [0.2, 0.25) is 0 Å². The lowest BCUT2D eigenvalue weighted by Crippen LogP contribution is -2.42. The summed E-state index contributed by atoms with van der Waals surface area (Å²) in [5.41, 5.74) is -0.233. The Morgan fingerprint density at radius 2 is 2.09 bits per heavy atom. The van der Waals surface area contributed by atoms with Crippen LogP contribution < -0.4 is 5.32 Å². The number of benzene rings is 1. The smallest absolute Gasteiger partial charge is 0.341 e. The van der Waals surface area contributed by atoms with Gasteiger partial charge in [0.1, 0.15) is 5.82 Å². The van der Waals surface area contributed by atoms with Crippen LogP contribution in [0.2, 0.25) is 5.02 Å². The molecular weight excluding hydrogens is 309 g/mol. The fourth-order valence-corrected chi connectivity index (χ4v) is 2.80. The van der Waals surface area contributed by atoms with Crippen LogP contribution in [-0.2, 0) is 9.53 Å². The topological polar surface area (TPSA) is 55.4 Å². The monoisotopic (exact) mass is 327 g/mol. The Hall–Kier alpha value is -1.62. The van der Waals surface area contributed by atoms with Gasteiger partial charge in [0.25, 0.3) is 5.91 Å². The molecule has 0 radical (unpaired) electrons. The lowest BCUT2D eigenvalue weighted by Gasteiger charge is -2.29. The third-order valence-electron chi connectivity index (χ3n) is 3.94. The molecule has 0 heterocycles. The van der Waals surface area contributed by atoms with Crippen molar-refractivity contribution in [1.82, 2.24) is 5.32 Å². The molecule has 1 aromatic rings. The summed E-state index contributed by atoms with van der Waals surface area (Å²) in [7, 11) is 0. The largest absolute Gasteiger partial charge is 0.452 e. The van der Waals surface area contributed by atoms with Gasteiger partial charge in [-0.3, -0.25) is 4.79 Å². The number of amides is 1. The van der Waals surface area contributed by atoms with Crippen LogP contribution in [0.25, 0.3) is 0 Å². The van der Waals surface area contributed by atoms with Gasteiger partial charge in [-0.15, -0.1) is 0 Å². The molecule has 1 amide bonds. The molecule has 0 unspecified atom stereocenters. The molecule has 6 heteroatoms. The molecule has 2 rings (SSSR count). The molecule has 22 heavy (non-hydrogen) atoms. The summed E-state index contributed by atoms with van der Waals surface area (Å²) in [6, 6.07) is 3.78. The van der Waals surface area contributed by atoms with E-state index in [-0.39, 0.29) is 22.5 Å². The minimum Gasteiger partial charge on any atom is -0.452 e. The lowest BCUT2D eigenvalue weighted by atomic mass is 9.86. The first-order valence-corrected chi connectivity index (χ1v) is 7.76. The van der Waals surface area contributed by atoms with E-state index < -0.39 is 18.4 Å². The number of nitrogens with one attached hydrogen (secondary N) is 1. The van der Waals surface area contributed by atoms with Crippen molar-refractivity contribution in [2.24, 2.45) is 5.92 Å². The third-order valence-corrected chi connectivity index (χ3v) is 4.18. The summed E-state index contributed by atoms with van der Waals surface area (Å²) in [5, 5.41) is 3.06. The summed E-state index contributed by atoms with van der Waals surface area (Å²) in [6.45, 7) is 1.68. The van der Waals surface area contributed by atoms with E-state index in [1.165, 1.54) is 18.6 Å². The maximum atomic E-state index is 13.6. The zero-order valence-electron chi connectivity index (χ0n) is 12.4. The van der Waals surface area contributed by atoms with Crippen LogP contribution in [0.4, 0.5) is 4.39 Å². The molecule has 4 nitrogen and oxygen atoms in total. The van der Waals surface area contributed by atoms with Crippen LogP contribution in [0, 0.1) is 11.7 Å². The number of hydrogen-bond donors (Lipinski definition) is 1. The summed E-state index contributed by atoms with van der Waals surface area (Å²) in [4.78, 5) is 23.6.